The second kappa shape index (κ2) is 4.55. The van der Waals surface area contributed by atoms with Crippen molar-refractivity contribution in [2.45, 2.75) is 6.42 Å². The molecule has 17 heavy (non-hydrogen) atoms. The van der Waals surface area contributed by atoms with Gasteiger partial charge in [0, 0.05) is 5.02 Å². The highest BCUT2D eigenvalue weighted by atomic mass is 35.5. The molecule has 88 valence electrons. The molecule has 0 saturated heterocycles. The number of halogens is 1. The minimum absolute atomic E-state index is 0.131. The Kier molecular flexibility index (Phi) is 3.10. The number of fused-ring (bicyclic) bond motifs is 1. The molecule has 0 spiro atoms. The van der Waals surface area contributed by atoms with E-state index in [1.54, 1.807) is 18.2 Å². The lowest BCUT2D eigenvalue weighted by molar-refractivity contribution is -0.139. The van der Waals surface area contributed by atoms with E-state index in [1.807, 2.05) is 0 Å². The number of esters is 1. The molecule has 2 rings (SSSR count). The van der Waals surface area contributed by atoms with Crippen LogP contribution >= 0.6 is 11.6 Å². The molecule has 0 aliphatic rings. The van der Waals surface area contributed by atoms with E-state index in [9.17, 15) is 9.59 Å². The van der Waals surface area contributed by atoms with E-state index in [2.05, 4.69) is 14.7 Å². The quantitative estimate of drug-likeness (QED) is 0.818. The highest BCUT2D eigenvalue weighted by molar-refractivity contribution is 6.31. The predicted octanol–water partition coefficient (Wildman–Crippen LogP) is 1.29. The second-order valence-electron chi connectivity index (χ2n) is 3.43. The molecule has 1 aromatic carbocycles. The Bertz CT molecular complexity index is 636. The summed E-state index contributed by atoms with van der Waals surface area (Å²) in [7, 11) is 1.26. The third-order valence-electron chi connectivity index (χ3n) is 2.26. The average molecular weight is 253 g/mol. The summed E-state index contributed by atoms with van der Waals surface area (Å²) in [5.74, 6) is -0.503. The minimum atomic E-state index is -0.503. The van der Waals surface area contributed by atoms with E-state index in [0.717, 1.165) is 0 Å². The summed E-state index contributed by atoms with van der Waals surface area (Å²) >= 11 is 5.79. The Morgan fingerprint density at radius 1 is 1.53 bits per heavy atom. The number of hydrogen-bond acceptors (Lipinski definition) is 4. The fourth-order valence-electron chi connectivity index (χ4n) is 1.43. The van der Waals surface area contributed by atoms with Crippen LogP contribution in [0.3, 0.4) is 0 Å². The molecule has 0 saturated carbocycles. The van der Waals surface area contributed by atoms with E-state index < -0.39 is 11.5 Å². The maximum atomic E-state index is 11.6. The van der Waals surface area contributed by atoms with Crippen molar-refractivity contribution in [1.29, 1.82) is 0 Å². The van der Waals surface area contributed by atoms with Crippen molar-refractivity contribution in [3.05, 3.63) is 39.3 Å². The lowest BCUT2D eigenvalue weighted by Crippen LogP contribution is -2.19. The molecule has 0 atom stereocenters. The first-order chi connectivity index (χ1) is 8.10. The summed E-state index contributed by atoms with van der Waals surface area (Å²) < 4.78 is 4.49. The van der Waals surface area contributed by atoms with Gasteiger partial charge in [0.15, 0.2) is 0 Å². The average Bonchev–Trinajstić information content (AvgIpc) is 2.30. The largest absolute Gasteiger partial charge is 0.469 e. The van der Waals surface area contributed by atoms with Crippen molar-refractivity contribution in [2.75, 3.05) is 7.11 Å². The van der Waals surface area contributed by atoms with Crippen LogP contribution in [0.25, 0.3) is 11.0 Å². The SMILES string of the molecule is COC(=O)Cc1nc2ccc(Cl)cc2[nH]c1=O. The molecule has 2 aromatic rings. The van der Waals surface area contributed by atoms with Gasteiger partial charge in [0.1, 0.15) is 5.69 Å². The summed E-state index contributed by atoms with van der Waals surface area (Å²) in [4.78, 5) is 29.4. The van der Waals surface area contributed by atoms with Crippen LogP contribution in [0.2, 0.25) is 5.02 Å². The highest BCUT2D eigenvalue weighted by Crippen LogP contribution is 2.14. The summed E-state index contributed by atoms with van der Waals surface area (Å²) in [6.07, 6.45) is -0.148. The zero-order valence-corrected chi connectivity index (χ0v) is 9.75. The fourth-order valence-corrected chi connectivity index (χ4v) is 1.60. The molecule has 1 aromatic heterocycles. The first-order valence-electron chi connectivity index (χ1n) is 4.85. The molecular weight excluding hydrogens is 244 g/mol. The van der Waals surface area contributed by atoms with Gasteiger partial charge in [-0.1, -0.05) is 11.6 Å². The number of carbonyl (C=O) groups is 1. The fraction of sp³-hybridized carbons (Fsp3) is 0.182. The van der Waals surface area contributed by atoms with Crippen LogP contribution in [0.4, 0.5) is 0 Å². The Morgan fingerprint density at radius 3 is 3.00 bits per heavy atom. The Balaban J connectivity index is 2.52. The van der Waals surface area contributed by atoms with Crippen LogP contribution in [-0.2, 0) is 16.0 Å². The zero-order chi connectivity index (χ0) is 12.4. The number of nitrogens with zero attached hydrogens (tertiary/aromatic N) is 1. The lowest BCUT2D eigenvalue weighted by atomic mass is 10.2. The Hall–Kier alpha value is -1.88. The molecule has 6 heteroatoms. The standard InChI is InChI=1S/C11H9ClN2O3/c1-17-10(15)5-9-11(16)14-8-4-6(12)2-3-7(8)13-9/h2-4H,5H2,1H3,(H,14,16). The topological polar surface area (TPSA) is 72.0 Å². The van der Waals surface area contributed by atoms with E-state index >= 15 is 0 Å². The second-order valence-corrected chi connectivity index (χ2v) is 3.86. The molecule has 0 bridgehead atoms. The first kappa shape index (κ1) is 11.6. The molecule has 0 aliphatic heterocycles. The van der Waals surface area contributed by atoms with Crippen LogP contribution in [0, 0.1) is 0 Å². The number of nitrogens with one attached hydrogen (secondary N) is 1. The Morgan fingerprint density at radius 2 is 2.29 bits per heavy atom. The molecule has 5 nitrogen and oxygen atoms in total. The van der Waals surface area contributed by atoms with E-state index in [4.69, 9.17) is 11.6 Å². The lowest BCUT2D eigenvalue weighted by Gasteiger charge is -2.02. The number of methoxy groups -OCH3 is 1. The zero-order valence-electron chi connectivity index (χ0n) is 8.99. The van der Waals surface area contributed by atoms with E-state index in [0.29, 0.717) is 16.1 Å². The van der Waals surface area contributed by atoms with Crippen molar-refractivity contribution < 1.29 is 9.53 Å². The monoisotopic (exact) mass is 252 g/mol. The molecule has 0 aliphatic carbocycles. The molecule has 0 unspecified atom stereocenters. The number of rotatable bonds is 2. The molecule has 0 radical (unpaired) electrons. The van der Waals surface area contributed by atoms with Crippen LogP contribution in [0.15, 0.2) is 23.0 Å². The number of aromatic amines is 1. The van der Waals surface area contributed by atoms with Crippen LogP contribution in [-0.4, -0.2) is 23.0 Å². The van der Waals surface area contributed by atoms with Gasteiger partial charge in [0.2, 0.25) is 0 Å². The number of hydrogen-bond donors (Lipinski definition) is 1. The number of aromatic nitrogens is 2. The summed E-state index contributed by atoms with van der Waals surface area (Å²) in [6, 6.07) is 4.94. The van der Waals surface area contributed by atoms with Crippen molar-refractivity contribution in [3.63, 3.8) is 0 Å². The molecule has 1 heterocycles. The summed E-state index contributed by atoms with van der Waals surface area (Å²) in [6.45, 7) is 0. The predicted molar refractivity (Wildman–Crippen MR) is 63.1 cm³/mol. The number of ether oxygens (including phenoxy) is 1. The summed E-state index contributed by atoms with van der Waals surface area (Å²) in [5, 5.41) is 0.510. The van der Waals surface area contributed by atoms with Gasteiger partial charge in [-0.15, -0.1) is 0 Å². The smallest absolute Gasteiger partial charge is 0.311 e. The van der Waals surface area contributed by atoms with Gasteiger partial charge in [-0.2, -0.15) is 0 Å². The van der Waals surface area contributed by atoms with Gasteiger partial charge >= 0.3 is 5.97 Å². The van der Waals surface area contributed by atoms with Crippen LogP contribution in [0.5, 0.6) is 0 Å². The van der Waals surface area contributed by atoms with Crippen molar-refractivity contribution >= 4 is 28.6 Å². The summed E-state index contributed by atoms with van der Waals surface area (Å²) in [5.41, 5.74) is 0.834. The third kappa shape index (κ3) is 2.45. The van der Waals surface area contributed by atoms with Gasteiger partial charge in [0.05, 0.1) is 24.6 Å². The maximum absolute atomic E-state index is 11.6. The normalized spacial score (nSPS) is 10.5. The van der Waals surface area contributed by atoms with Gasteiger partial charge < -0.3 is 9.72 Å². The van der Waals surface area contributed by atoms with Crippen LogP contribution < -0.4 is 5.56 Å². The van der Waals surface area contributed by atoms with Gasteiger partial charge in [-0.25, -0.2) is 4.98 Å². The molecular formula is C11H9ClN2O3. The van der Waals surface area contributed by atoms with Gasteiger partial charge in [-0.05, 0) is 18.2 Å². The first-order valence-corrected chi connectivity index (χ1v) is 5.23. The third-order valence-corrected chi connectivity index (χ3v) is 2.50. The number of H-pyrrole nitrogens is 1. The van der Waals surface area contributed by atoms with Crippen molar-refractivity contribution in [1.82, 2.24) is 9.97 Å². The van der Waals surface area contributed by atoms with E-state index in [-0.39, 0.29) is 12.1 Å². The van der Waals surface area contributed by atoms with Crippen molar-refractivity contribution in [2.24, 2.45) is 0 Å². The molecule has 0 amide bonds. The minimum Gasteiger partial charge on any atom is -0.469 e. The van der Waals surface area contributed by atoms with Crippen molar-refractivity contribution in [3.8, 4) is 0 Å². The number of carbonyl (C=O) groups excluding carboxylic acids is 1. The van der Waals surface area contributed by atoms with Gasteiger partial charge in [-0.3, -0.25) is 9.59 Å². The van der Waals surface area contributed by atoms with Crippen LogP contribution in [0.1, 0.15) is 5.69 Å². The number of benzene rings is 1. The maximum Gasteiger partial charge on any atom is 0.311 e. The molecule has 0 fully saturated rings. The molecule has 1 N–H and O–H groups in total. The van der Waals surface area contributed by atoms with Gasteiger partial charge in [0.25, 0.3) is 5.56 Å². The highest BCUT2D eigenvalue weighted by Gasteiger charge is 2.10. The van der Waals surface area contributed by atoms with E-state index in [1.165, 1.54) is 7.11 Å². The Labute approximate surface area is 101 Å².